The predicted octanol–water partition coefficient (Wildman–Crippen LogP) is 0.891. The highest BCUT2D eigenvalue weighted by molar-refractivity contribution is 7.98. The third-order valence-electron chi connectivity index (χ3n) is 3.00. The Morgan fingerprint density at radius 2 is 2.09 bits per heavy atom. The molecule has 0 radical (unpaired) electrons. The van der Waals surface area contributed by atoms with Gasteiger partial charge in [0.25, 0.3) is 11.6 Å². The minimum atomic E-state index is -2.18. The summed E-state index contributed by atoms with van der Waals surface area (Å²) in [7, 11) is 1.35. The lowest BCUT2D eigenvalue weighted by atomic mass is 10.1. The number of nitrogens with zero attached hydrogens (tertiary/aromatic N) is 1. The third-order valence-corrected chi connectivity index (χ3v) is 3.76. The number of carboxylic acids is 1. The highest BCUT2D eigenvalue weighted by Gasteiger charge is 2.32. The fourth-order valence-corrected chi connectivity index (χ4v) is 2.20. The van der Waals surface area contributed by atoms with Crippen LogP contribution in [0, 0.1) is 10.1 Å². The second kappa shape index (κ2) is 7.29. The number of carbonyl (C=O) groups is 2. The second-order valence-electron chi connectivity index (χ2n) is 4.74. The van der Waals surface area contributed by atoms with E-state index in [0.717, 1.165) is 13.0 Å². The average Bonchev–Trinajstić information content (AvgIpc) is 2.50. The third kappa shape index (κ3) is 4.33. The summed E-state index contributed by atoms with van der Waals surface area (Å²) in [5.41, 5.74) is -2.91. The first kappa shape index (κ1) is 18.7. The molecule has 9 nitrogen and oxygen atoms in total. The molecule has 126 valence electrons. The number of methoxy groups -OCH3 is 1. The number of carboxylic acid groups (broad SMARTS) is 1. The first-order valence-corrected chi connectivity index (χ1v) is 7.51. The van der Waals surface area contributed by atoms with Crippen LogP contribution in [0.2, 0.25) is 0 Å². The molecule has 1 amide bonds. The van der Waals surface area contributed by atoms with E-state index in [9.17, 15) is 24.8 Å². The van der Waals surface area contributed by atoms with Crippen molar-refractivity contribution in [1.29, 1.82) is 0 Å². The number of ether oxygens (including phenoxy) is 1. The van der Waals surface area contributed by atoms with Crippen LogP contribution in [0.15, 0.2) is 17.0 Å². The molecule has 0 saturated carbocycles. The van der Waals surface area contributed by atoms with E-state index >= 15 is 0 Å². The number of benzene rings is 1. The van der Waals surface area contributed by atoms with Crippen molar-refractivity contribution in [1.82, 2.24) is 5.32 Å². The van der Waals surface area contributed by atoms with Crippen molar-refractivity contribution in [3.63, 3.8) is 0 Å². The summed E-state index contributed by atoms with van der Waals surface area (Å²) in [5, 5.41) is 31.7. The Balaban J connectivity index is 3.17. The Morgan fingerprint density at radius 3 is 2.52 bits per heavy atom. The topological polar surface area (TPSA) is 139 Å². The Labute approximate surface area is 135 Å². The molecule has 3 N–H and O–H groups in total. The summed E-state index contributed by atoms with van der Waals surface area (Å²) in [6.45, 7) is 0.407. The molecule has 23 heavy (non-hydrogen) atoms. The van der Waals surface area contributed by atoms with E-state index in [1.807, 2.05) is 0 Å². The van der Waals surface area contributed by atoms with Crippen molar-refractivity contribution < 1.29 is 29.5 Å². The van der Waals surface area contributed by atoms with E-state index in [1.54, 1.807) is 6.26 Å². The Hall–Kier alpha value is -2.33. The van der Waals surface area contributed by atoms with Crippen molar-refractivity contribution in [2.24, 2.45) is 0 Å². The standard InChI is InChI=1S/C13H16N2O7S/c1-13(19,12(17)18)6-14-11(16)7-4-10(23-3)9(22-2)5-8(7)15(20)21/h4-5,19H,6H2,1-3H3,(H,14,16)(H,17,18). The molecule has 1 atom stereocenters. The van der Waals surface area contributed by atoms with Gasteiger partial charge in [-0.1, -0.05) is 0 Å². The molecule has 0 aliphatic rings. The van der Waals surface area contributed by atoms with Gasteiger partial charge < -0.3 is 20.3 Å². The molecule has 1 aromatic carbocycles. The number of hydrogen-bond acceptors (Lipinski definition) is 7. The summed E-state index contributed by atoms with van der Waals surface area (Å²) < 4.78 is 5.03. The summed E-state index contributed by atoms with van der Waals surface area (Å²) in [6.07, 6.45) is 1.71. The molecule has 0 saturated heterocycles. The molecule has 1 rings (SSSR count). The lowest BCUT2D eigenvalue weighted by Gasteiger charge is -2.18. The maximum atomic E-state index is 12.1. The van der Waals surface area contributed by atoms with Gasteiger partial charge in [-0.3, -0.25) is 14.9 Å². The highest BCUT2D eigenvalue weighted by atomic mass is 32.2. The van der Waals surface area contributed by atoms with Crippen LogP contribution in [0.5, 0.6) is 5.75 Å². The van der Waals surface area contributed by atoms with Crippen LogP contribution in [0.1, 0.15) is 17.3 Å². The number of aliphatic hydroxyl groups is 1. The van der Waals surface area contributed by atoms with Gasteiger partial charge in [-0.25, -0.2) is 4.79 Å². The molecule has 0 bridgehead atoms. The van der Waals surface area contributed by atoms with Crippen LogP contribution in [0.3, 0.4) is 0 Å². The molecular formula is C13H16N2O7S. The van der Waals surface area contributed by atoms with Gasteiger partial charge in [-0.2, -0.15) is 0 Å². The number of amides is 1. The Bertz CT molecular complexity index is 645. The fourth-order valence-electron chi connectivity index (χ4n) is 1.62. The monoisotopic (exact) mass is 344 g/mol. The van der Waals surface area contributed by atoms with Crippen molar-refractivity contribution >= 4 is 29.3 Å². The van der Waals surface area contributed by atoms with Crippen molar-refractivity contribution in [3.8, 4) is 5.75 Å². The summed E-state index contributed by atoms with van der Waals surface area (Å²) >= 11 is 1.23. The molecule has 1 unspecified atom stereocenters. The molecule has 0 aliphatic heterocycles. The largest absolute Gasteiger partial charge is 0.495 e. The van der Waals surface area contributed by atoms with E-state index in [4.69, 9.17) is 9.84 Å². The fraction of sp³-hybridized carbons (Fsp3) is 0.385. The van der Waals surface area contributed by atoms with Crippen molar-refractivity contribution in [2.75, 3.05) is 19.9 Å². The predicted molar refractivity (Wildman–Crippen MR) is 82.0 cm³/mol. The molecule has 0 aromatic heterocycles. The second-order valence-corrected chi connectivity index (χ2v) is 5.59. The number of carbonyl (C=O) groups excluding carboxylic acids is 1. The van der Waals surface area contributed by atoms with E-state index in [-0.39, 0.29) is 11.3 Å². The van der Waals surface area contributed by atoms with Crippen molar-refractivity contribution in [3.05, 3.63) is 27.8 Å². The minimum Gasteiger partial charge on any atom is -0.495 e. The average molecular weight is 344 g/mol. The zero-order chi connectivity index (χ0) is 17.8. The maximum absolute atomic E-state index is 12.1. The number of hydrogen-bond donors (Lipinski definition) is 3. The van der Waals surface area contributed by atoms with Gasteiger partial charge in [0.15, 0.2) is 5.60 Å². The zero-order valence-electron chi connectivity index (χ0n) is 12.7. The first-order valence-electron chi connectivity index (χ1n) is 6.28. The van der Waals surface area contributed by atoms with Crippen LogP contribution in [0.25, 0.3) is 0 Å². The zero-order valence-corrected chi connectivity index (χ0v) is 13.5. The van der Waals surface area contributed by atoms with E-state index < -0.39 is 34.6 Å². The number of nitro groups is 1. The SMILES string of the molecule is COc1cc([N+](=O)[O-])c(C(=O)NCC(C)(O)C(=O)O)cc1SC. The van der Waals surface area contributed by atoms with Gasteiger partial charge in [-0.15, -0.1) is 11.8 Å². The number of nitrogens with one attached hydrogen (secondary N) is 1. The molecule has 1 aromatic rings. The number of nitro benzene ring substituents is 1. The van der Waals surface area contributed by atoms with Crippen LogP contribution < -0.4 is 10.1 Å². The minimum absolute atomic E-state index is 0.248. The van der Waals surface area contributed by atoms with Gasteiger partial charge in [0.05, 0.1) is 29.5 Å². The number of thioether (sulfide) groups is 1. The summed E-state index contributed by atoms with van der Waals surface area (Å²) in [6, 6.07) is 2.41. The van der Waals surface area contributed by atoms with E-state index in [0.29, 0.717) is 4.90 Å². The molecule has 0 fully saturated rings. The number of aliphatic carboxylic acids is 1. The van der Waals surface area contributed by atoms with E-state index in [2.05, 4.69) is 5.32 Å². The molecule has 0 heterocycles. The molecular weight excluding hydrogens is 328 g/mol. The van der Waals surface area contributed by atoms with Gasteiger partial charge in [0.1, 0.15) is 11.3 Å². The van der Waals surface area contributed by atoms with Crippen LogP contribution >= 0.6 is 11.8 Å². The quantitative estimate of drug-likeness (QED) is 0.376. The Kier molecular flexibility index (Phi) is 5.93. The normalized spacial score (nSPS) is 13.0. The van der Waals surface area contributed by atoms with Crippen LogP contribution in [0.4, 0.5) is 5.69 Å². The van der Waals surface area contributed by atoms with Gasteiger partial charge >= 0.3 is 5.97 Å². The summed E-state index contributed by atoms with van der Waals surface area (Å²) in [5.74, 6) is -2.14. The smallest absolute Gasteiger partial charge is 0.337 e. The molecule has 0 spiro atoms. The highest BCUT2D eigenvalue weighted by Crippen LogP contribution is 2.34. The van der Waals surface area contributed by atoms with Gasteiger partial charge in [0.2, 0.25) is 0 Å². The van der Waals surface area contributed by atoms with Crippen LogP contribution in [-0.4, -0.2) is 52.5 Å². The molecule has 10 heteroatoms. The van der Waals surface area contributed by atoms with Gasteiger partial charge in [-0.05, 0) is 19.2 Å². The Morgan fingerprint density at radius 1 is 1.48 bits per heavy atom. The summed E-state index contributed by atoms with van der Waals surface area (Å²) in [4.78, 5) is 33.8. The lowest BCUT2D eigenvalue weighted by molar-refractivity contribution is -0.385. The van der Waals surface area contributed by atoms with Gasteiger partial charge in [0, 0.05) is 0 Å². The van der Waals surface area contributed by atoms with Crippen LogP contribution in [-0.2, 0) is 4.79 Å². The maximum Gasteiger partial charge on any atom is 0.337 e. The first-order chi connectivity index (χ1) is 10.6. The van der Waals surface area contributed by atoms with Crippen molar-refractivity contribution in [2.45, 2.75) is 17.4 Å². The lowest BCUT2D eigenvalue weighted by Crippen LogP contribution is -2.46. The number of rotatable bonds is 7. The molecule has 0 aliphatic carbocycles. The van der Waals surface area contributed by atoms with E-state index in [1.165, 1.54) is 24.9 Å².